The van der Waals surface area contributed by atoms with E-state index in [2.05, 4.69) is 17.4 Å². The third-order valence-corrected chi connectivity index (χ3v) is 3.72. The number of aryl methyl sites for hydroxylation is 1. The summed E-state index contributed by atoms with van der Waals surface area (Å²) in [7, 11) is 1.42. The van der Waals surface area contributed by atoms with E-state index < -0.39 is 5.54 Å². The number of methoxy groups -OCH3 is 1. The summed E-state index contributed by atoms with van der Waals surface area (Å²) >= 11 is 0. The number of carbonyl (C=O) groups is 1. The zero-order valence-electron chi connectivity index (χ0n) is 12.9. The Bertz CT molecular complexity index is 445. The molecule has 21 heavy (non-hydrogen) atoms. The van der Waals surface area contributed by atoms with E-state index in [1.54, 1.807) is 0 Å². The van der Waals surface area contributed by atoms with Crippen LogP contribution in [0.15, 0.2) is 30.3 Å². The molecule has 2 rings (SSSR count). The van der Waals surface area contributed by atoms with Crippen LogP contribution in [0.1, 0.15) is 31.7 Å². The molecule has 4 nitrogen and oxygen atoms in total. The fourth-order valence-electron chi connectivity index (χ4n) is 2.36. The van der Waals surface area contributed by atoms with Crippen LogP contribution in [-0.2, 0) is 20.7 Å². The minimum absolute atomic E-state index is 0.252. The normalized spacial score (nSPS) is 17.2. The van der Waals surface area contributed by atoms with Gasteiger partial charge in [-0.15, -0.1) is 0 Å². The van der Waals surface area contributed by atoms with Gasteiger partial charge in [-0.1, -0.05) is 30.3 Å². The van der Waals surface area contributed by atoms with E-state index in [0.717, 1.165) is 25.7 Å². The number of ether oxygens (including phenoxy) is 2. The van der Waals surface area contributed by atoms with Crippen molar-refractivity contribution in [3.63, 3.8) is 0 Å². The van der Waals surface area contributed by atoms with E-state index in [0.29, 0.717) is 19.3 Å². The van der Waals surface area contributed by atoms with Crippen molar-refractivity contribution in [3.05, 3.63) is 35.9 Å². The largest absolute Gasteiger partial charge is 0.468 e. The molecule has 1 atom stereocenters. The number of hydrogen-bond acceptors (Lipinski definition) is 4. The van der Waals surface area contributed by atoms with Gasteiger partial charge in [0.1, 0.15) is 5.54 Å². The van der Waals surface area contributed by atoms with Crippen LogP contribution in [-0.4, -0.2) is 37.9 Å². The van der Waals surface area contributed by atoms with Crippen molar-refractivity contribution >= 4 is 5.97 Å². The number of nitrogens with one attached hydrogen (secondary N) is 1. The first-order valence-corrected chi connectivity index (χ1v) is 7.62. The molecule has 0 aliphatic heterocycles. The second kappa shape index (κ2) is 7.57. The van der Waals surface area contributed by atoms with Crippen molar-refractivity contribution in [1.29, 1.82) is 0 Å². The lowest BCUT2D eigenvalue weighted by Crippen LogP contribution is -2.54. The fraction of sp³-hybridized carbons (Fsp3) is 0.588. The van der Waals surface area contributed by atoms with Crippen LogP contribution in [0.2, 0.25) is 0 Å². The number of hydrogen-bond donors (Lipinski definition) is 1. The summed E-state index contributed by atoms with van der Waals surface area (Å²) in [4.78, 5) is 11.9. The molecule has 1 aliphatic rings. The van der Waals surface area contributed by atoms with Gasteiger partial charge in [0, 0.05) is 12.6 Å². The Balaban J connectivity index is 1.70. The zero-order valence-corrected chi connectivity index (χ0v) is 12.9. The lowest BCUT2D eigenvalue weighted by molar-refractivity contribution is -0.150. The molecule has 0 radical (unpaired) electrons. The number of rotatable bonds is 9. The Morgan fingerprint density at radius 3 is 2.67 bits per heavy atom. The first-order chi connectivity index (χ1) is 10.1. The highest BCUT2D eigenvalue weighted by molar-refractivity contribution is 5.80. The van der Waals surface area contributed by atoms with Crippen LogP contribution in [0.3, 0.4) is 0 Å². The Morgan fingerprint density at radius 1 is 1.33 bits per heavy atom. The molecule has 1 unspecified atom stereocenters. The van der Waals surface area contributed by atoms with Crippen molar-refractivity contribution in [2.45, 2.75) is 44.2 Å². The van der Waals surface area contributed by atoms with Crippen LogP contribution in [0, 0.1) is 0 Å². The summed E-state index contributed by atoms with van der Waals surface area (Å²) < 4.78 is 10.6. The smallest absolute Gasteiger partial charge is 0.328 e. The highest BCUT2D eigenvalue weighted by Gasteiger charge is 2.39. The van der Waals surface area contributed by atoms with E-state index in [1.807, 2.05) is 25.1 Å². The minimum Gasteiger partial charge on any atom is -0.468 e. The maximum absolute atomic E-state index is 11.9. The first kappa shape index (κ1) is 16.0. The monoisotopic (exact) mass is 291 g/mol. The van der Waals surface area contributed by atoms with Crippen LogP contribution < -0.4 is 5.32 Å². The highest BCUT2D eigenvalue weighted by atomic mass is 16.5. The van der Waals surface area contributed by atoms with Crippen LogP contribution >= 0.6 is 0 Å². The van der Waals surface area contributed by atoms with Gasteiger partial charge >= 0.3 is 5.97 Å². The van der Waals surface area contributed by atoms with Gasteiger partial charge in [0.05, 0.1) is 13.7 Å². The fourth-order valence-corrected chi connectivity index (χ4v) is 2.36. The molecule has 4 heteroatoms. The van der Waals surface area contributed by atoms with Gasteiger partial charge in [-0.3, -0.25) is 5.32 Å². The molecule has 0 saturated heterocycles. The van der Waals surface area contributed by atoms with Crippen LogP contribution in [0.25, 0.3) is 0 Å². The minimum atomic E-state index is -0.733. The summed E-state index contributed by atoms with van der Waals surface area (Å²) in [6, 6.07) is 10.8. The maximum Gasteiger partial charge on any atom is 0.328 e. The third-order valence-electron chi connectivity index (χ3n) is 3.72. The lowest BCUT2D eigenvalue weighted by atomic mass is 10.0. The first-order valence-electron chi connectivity index (χ1n) is 7.62. The summed E-state index contributed by atoms with van der Waals surface area (Å²) in [6.45, 7) is 2.85. The molecule has 0 heterocycles. The van der Waals surface area contributed by atoms with Gasteiger partial charge in [0.2, 0.25) is 0 Å². The molecule has 1 saturated carbocycles. The van der Waals surface area contributed by atoms with E-state index in [-0.39, 0.29) is 5.97 Å². The quantitative estimate of drug-likeness (QED) is 0.560. The average molecular weight is 291 g/mol. The molecule has 1 fully saturated rings. The Kier molecular flexibility index (Phi) is 5.76. The van der Waals surface area contributed by atoms with Crippen molar-refractivity contribution in [2.24, 2.45) is 0 Å². The molecular formula is C17H25NO3. The Morgan fingerprint density at radius 2 is 2.05 bits per heavy atom. The van der Waals surface area contributed by atoms with Gasteiger partial charge < -0.3 is 9.47 Å². The molecular weight excluding hydrogens is 266 g/mol. The van der Waals surface area contributed by atoms with Gasteiger partial charge in [0.15, 0.2) is 0 Å². The highest BCUT2D eigenvalue weighted by Crippen LogP contribution is 2.23. The van der Waals surface area contributed by atoms with Crippen LogP contribution in [0.4, 0.5) is 0 Å². The van der Waals surface area contributed by atoms with Crippen molar-refractivity contribution in [3.8, 4) is 0 Å². The number of carbonyl (C=O) groups excluding carboxylic acids is 1. The zero-order chi connectivity index (χ0) is 15.1. The Labute approximate surface area is 126 Å². The molecule has 1 N–H and O–H groups in total. The van der Waals surface area contributed by atoms with E-state index >= 15 is 0 Å². The summed E-state index contributed by atoms with van der Waals surface area (Å²) in [6.07, 6.45) is 4.19. The molecule has 1 aromatic rings. The molecule has 1 aliphatic carbocycles. The predicted molar refractivity (Wildman–Crippen MR) is 82.2 cm³/mol. The van der Waals surface area contributed by atoms with Gasteiger partial charge in [0.25, 0.3) is 0 Å². The average Bonchev–Trinajstić information content (AvgIpc) is 3.31. The third kappa shape index (κ3) is 5.14. The van der Waals surface area contributed by atoms with Crippen molar-refractivity contribution < 1.29 is 14.3 Å². The van der Waals surface area contributed by atoms with Crippen molar-refractivity contribution in [2.75, 3.05) is 20.3 Å². The molecule has 0 amide bonds. The standard InChI is InChI=1S/C17H25NO3/c1-17(16(19)20-2,18-15-10-11-15)13-21-12-6-9-14-7-4-3-5-8-14/h3-5,7-8,15,18H,6,9-13H2,1-2H3. The van der Waals surface area contributed by atoms with Gasteiger partial charge in [-0.2, -0.15) is 0 Å². The lowest BCUT2D eigenvalue weighted by Gasteiger charge is -2.27. The van der Waals surface area contributed by atoms with E-state index in [4.69, 9.17) is 9.47 Å². The topological polar surface area (TPSA) is 47.6 Å². The second-order valence-corrected chi connectivity index (χ2v) is 5.88. The summed E-state index contributed by atoms with van der Waals surface area (Å²) in [5, 5.41) is 3.33. The molecule has 0 aromatic heterocycles. The molecule has 0 spiro atoms. The molecule has 1 aromatic carbocycles. The number of benzene rings is 1. The van der Waals surface area contributed by atoms with Crippen molar-refractivity contribution in [1.82, 2.24) is 5.32 Å². The molecule has 0 bridgehead atoms. The second-order valence-electron chi connectivity index (χ2n) is 5.88. The maximum atomic E-state index is 11.9. The SMILES string of the molecule is COC(=O)C(C)(COCCCc1ccccc1)NC1CC1. The number of esters is 1. The van der Waals surface area contributed by atoms with E-state index in [9.17, 15) is 4.79 Å². The van der Waals surface area contributed by atoms with E-state index in [1.165, 1.54) is 12.7 Å². The van der Waals surface area contributed by atoms with Gasteiger partial charge in [-0.05, 0) is 38.2 Å². The summed E-state index contributed by atoms with van der Waals surface area (Å²) in [5.41, 5.74) is 0.579. The van der Waals surface area contributed by atoms with Crippen LogP contribution in [0.5, 0.6) is 0 Å². The molecule has 116 valence electrons. The predicted octanol–water partition coefficient (Wildman–Crippen LogP) is 2.32. The van der Waals surface area contributed by atoms with Gasteiger partial charge in [-0.25, -0.2) is 4.79 Å². The Hall–Kier alpha value is -1.39. The summed E-state index contributed by atoms with van der Waals surface area (Å²) in [5.74, 6) is -0.252.